The predicted molar refractivity (Wildman–Crippen MR) is 73.5 cm³/mol. The Morgan fingerprint density at radius 3 is 2.78 bits per heavy atom. The Hall–Kier alpha value is -0.610. The molecule has 2 aliphatic rings. The molecule has 4 nitrogen and oxygen atoms in total. The molecule has 0 bridgehead atoms. The molecule has 2 saturated heterocycles. The average Bonchev–Trinajstić information content (AvgIpc) is 2.88. The number of carbonyl (C=O) groups excluding carboxylic acids is 1. The van der Waals surface area contributed by atoms with Crippen LogP contribution in [0.1, 0.15) is 39.0 Å². The van der Waals surface area contributed by atoms with Crippen molar-refractivity contribution in [2.75, 3.05) is 33.7 Å². The summed E-state index contributed by atoms with van der Waals surface area (Å²) in [6.07, 6.45) is 5.39. The van der Waals surface area contributed by atoms with Crippen LogP contribution in [0, 0.1) is 0 Å². The molecule has 0 aromatic rings. The molecule has 2 atom stereocenters. The van der Waals surface area contributed by atoms with Crippen LogP contribution >= 0.6 is 0 Å². The molecule has 2 fully saturated rings. The van der Waals surface area contributed by atoms with E-state index < -0.39 is 0 Å². The normalized spacial score (nSPS) is 33.1. The molecular weight excluding hydrogens is 226 g/mol. The summed E-state index contributed by atoms with van der Waals surface area (Å²) in [7, 11) is 4.23. The standard InChI is InChI=1S/C14H27N3O/c1-4-14(8-6-9-15-14)13(18)17-10-5-7-12(11-17)16(2)3/h12,15H,4-11H2,1-3H3. The summed E-state index contributed by atoms with van der Waals surface area (Å²) in [5.41, 5.74) is -0.256. The van der Waals surface area contributed by atoms with Crippen molar-refractivity contribution < 1.29 is 4.79 Å². The second-order valence-corrected chi connectivity index (χ2v) is 5.98. The maximum atomic E-state index is 12.8. The van der Waals surface area contributed by atoms with Gasteiger partial charge in [0.05, 0.1) is 5.54 Å². The minimum Gasteiger partial charge on any atom is -0.340 e. The van der Waals surface area contributed by atoms with Crippen LogP contribution in [0.2, 0.25) is 0 Å². The molecule has 18 heavy (non-hydrogen) atoms. The number of hydrogen-bond acceptors (Lipinski definition) is 3. The topological polar surface area (TPSA) is 35.6 Å². The van der Waals surface area contributed by atoms with E-state index in [1.807, 2.05) is 0 Å². The molecule has 104 valence electrons. The SMILES string of the molecule is CCC1(C(=O)N2CCCC(N(C)C)C2)CCCN1. The monoisotopic (exact) mass is 253 g/mol. The second-order valence-electron chi connectivity index (χ2n) is 5.98. The molecule has 0 aromatic heterocycles. The van der Waals surface area contributed by atoms with E-state index in [0.29, 0.717) is 11.9 Å². The summed E-state index contributed by atoms with van der Waals surface area (Å²) in [5.74, 6) is 0.342. The Bertz CT molecular complexity index is 297. The molecule has 2 heterocycles. The van der Waals surface area contributed by atoms with Crippen molar-refractivity contribution >= 4 is 5.91 Å². The molecule has 2 rings (SSSR count). The van der Waals surface area contributed by atoms with E-state index in [-0.39, 0.29) is 5.54 Å². The largest absolute Gasteiger partial charge is 0.340 e. The van der Waals surface area contributed by atoms with E-state index in [1.54, 1.807) is 0 Å². The quantitative estimate of drug-likeness (QED) is 0.817. The van der Waals surface area contributed by atoms with Crippen molar-refractivity contribution in [1.82, 2.24) is 15.1 Å². The number of nitrogens with one attached hydrogen (secondary N) is 1. The van der Waals surface area contributed by atoms with Gasteiger partial charge in [0.2, 0.25) is 5.91 Å². The fourth-order valence-corrected chi connectivity index (χ4v) is 3.31. The van der Waals surface area contributed by atoms with Gasteiger partial charge in [0.1, 0.15) is 0 Å². The van der Waals surface area contributed by atoms with Crippen molar-refractivity contribution in [3.05, 3.63) is 0 Å². The Kier molecular flexibility index (Phi) is 4.28. The van der Waals surface area contributed by atoms with Crippen molar-refractivity contribution in [3.63, 3.8) is 0 Å². The minimum atomic E-state index is -0.256. The molecular formula is C14H27N3O. The Labute approximate surface area is 111 Å². The number of amides is 1. The Morgan fingerprint density at radius 2 is 2.22 bits per heavy atom. The number of carbonyl (C=O) groups is 1. The van der Waals surface area contributed by atoms with E-state index in [9.17, 15) is 4.79 Å². The van der Waals surface area contributed by atoms with Crippen LogP contribution in [0.15, 0.2) is 0 Å². The van der Waals surface area contributed by atoms with Crippen LogP contribution in [0.5, 0.6) is 0 Å². The van der Waals surface area contributed by atoms with Gasteiger partial charge in [0, 0.05) is 19.1 Å². The zero-order chi connectivity index (χ0) is 13.2. The zero-order valence-electron chi connectivity index (χ0n) is 12.0. The summed E-state index contributed by atoms with van der Waals surface area (Å²) < 4.78 is 0. The molecule has 0 aromatic carbocycles. The summed E-state index contributed by atoms with van der Waals surface area (Å²) in [4.78, 5) is 17.1. The zero-order valence-corrected chi connectivity index (χ0v) is 12.0. The molecule has 4 heteroatoms. The number of nitrogens with zero attached hydrogens (tertiary/aromatic N) is 2. The van der Waals surface area contributed by atoms with Crippen LogP contribution < -0.4 is 5.32 Å². The average molecular weight is 253 g/mol. The maximum absolute atomic E-state index is 12.8. The van der Waals surface area contributed by atoms with Crippen LogP contribution in [-0.2, 0) is 4.79 Å². The molecule has 2 unspecified atom stereocenters. The van der Waals surface area contributed by atoms with Gasteiger partial charge in [-0.1, -0.05) is 6.92 Å². The van der Waals surface area contributed by atoms with Crippen LogP contribution in [-0.4, -0.2) is 61.0 Å². The highest BCUT2D eigenvalue weighted by molar-refractivity contribution is 5.86. The van der Waals surface area contributed by atoms with Crippen molar-refractivity contribution in [3.8, 4) is 0 Å². The second kappa shape index (κ2) is 5.57. The van der Waals surface area contributed by atoms with Crippen molar-refractivity contribution in [2.24, 2.45) is 0 Å². The lowest BCUT2D eigenvalue weighted by Gasteiger charge is -2.40. The summed E-state index contributed by atoms with van der Waals surface area (Å²) in [6.45, 7) is 4.95. The molecule has 2 aliphatic heterocycles. The fourth-order valence-electron chi connectivity index (χ4n) is 3.31. The predicted octanol–water partition coefficient (Wildman–Crippen LogP) is 1.07. The first-order valence-corrected chi connectivity index (χ1v) is 7.30. The highest BCUT2D eigenvalue weighted by atomic mass is 16.2. The van der Waals surface area contributed by atoms with Crippen molar-refractivity contribution in [1.29, 1.82) is 0 Å². The summed E-state index contributed by atoms with van der Waals surface area (Å²) >= 11 is 0. The Balaban J connectivity index is 2.04. The van der Waals surface area contributed by atoms with Crippen LogP contribution in [0.3, 0.4) is 0 Å². The van der Waals surface area contributed by atoms with E-state index in [0.717, 1.165) is 45.3 Å². The lowest BCUT2D eigenvalue weighted by molar-refractivity contribution is -0.140. The lowest BCUT2D eigenvalue weighted by atomic mass is 9.91. The summed E-state index contributed by atoms with van der Waals surface area (Å²) in [5, 5.41) is 3.46. The van der Waals surface area contributed by atoms with Crippen LogP contribution in [0.25, 0.3) is 0 Å². The number of rotatable bonds is 3. The molecule has 0 spiro atoms. The van der Waals surface area contributed by atoms with Gasteiger partial charge in [0.25, 0.3) is 0 Å². The first kappa shape index (κ1) is 13.8. The van der Waals surface area contributed by atoms with Crippen LogP contribution in [0.4, 0.5) is 0 Å². The third-order valence-electron chi connectivity index (χ3n) is 4.67. The van der Waals surface area contributed by atoms with Gasteiger partial charge in [-0.25, -0.2) is 0 Å². The molecule has 1 amide bonds. The van der Waals surface area contributed by atoms with Gasteiger partial charge in [-0.3, -0.25) is 4.79 Å². The minimum absolute atomic E-state index is 0.256. The van der Waals surface area contributed by atoms with Gasteiger partial charge >= 0.3 is 0 Å². The lowest BCUT2D eigenvalue weighted by Crippen LogP contribution is -2.58. The maximum Gasteiger partial charge on any atom is 0.242 e. The van der Waals surface area contributed by atoms with Gasteiger partial charge < -0.3 is 15.1 Å². The first-order valence-electron chi connectivity index (χ1n) is 7.30. The van der Waals surface area contributed by atoms with Gasteiger partial charge in [0.15, 0.2) is 0 Å². The number of hydrogen-bond donors (Lipinski definition) is 1. The number of piperidine rings is 1. The highest BCUT2D eigenvalue weighted by Gasteiger charge is 2.42. The third-order valence-corrected chi connectivity index (χ3v) is 4.67. The molecule has 0 saturated carbocycles. The smallest absolute Gasteiger partial charge is 0.242 e. The first-order chi connectivity index (χ1) is 8.59. The fraction of sp³-hybridized carbons (Fsp3) is 0.929. The summed E-state index contributed by atoms with van der Waals surface area (Å²) in [6, 6.07) is 0.526. The van der Waals surface area contributed by atoms with Gasteiger partial charge in [-0.15, -0.1) is 0 Å². The molecule has 0 aliphatic carbocycles. The van der Waals surface area contributed by atoms with E-state index in [1.165, 1.54) is 6.42 Å². The number of likely N-dealkylation sites (tertiary alicyclic amines) is 1. The van der Waals surface area contributed by atoms with Crippen molar-refractivity contribution in [2.45, 2.75) is 50.6 Å². The van der Waals surface area contributed by atoms with E-state index >= 15 is 0 Å². The molecule has 1 N–H and O–H groups in total. The van der Waals surface area contributed by atoms with Gasteiger partial charge in [-0.2, -0.15) is 0 Å². The van der Waals surface area contributed by atoms with Gasteiger partial charge in [-0.05, 0) is 52.7 Å². The third kappa shape index (κ3) is 2.54. The highest BCUT2D eigenvalue weighted by Crippen LogP contribution is 2.27. The Morgan fingerprint density at radius 1 is 1.44 bits per heavy atom. The number of likely N-dealkylation sites (N-methyl/N-ethyl adjacent to an activating group) is 1. The van der Waals surface area contributed by atoms with E-state index in [2.05, 4.69) is 36.1 Å². The van der Waals surface area contributed by atoms with E-state index in [4.69, 9.17) is 0 Å². The molecule has 0 radical (unpaired) electrons.